The van der Waals surface area contributed by atoms with E-state index in [0.717, 1.165) is 17.0 Å². The molecule has 0 spiro atoms. The van der Waals surface area contributed by atoms with E-state index < -0.39 is 0 Å². The van der Waals surface area contributed by atoms with Crippen LogP contribution in [0.2, 0.25) is 5.02 Å². The molecular formula is C20H18ClN3O2. The molecule has 5 nitrogen and oxygen atoms in total. The number of carbonyl (C=O) groups is 1. The zero-order valence-electron chi connectivity index (χ0n) is 14.3. The van der Waals surface area contributed by atoms with E-state index in [-0.39, 0.29) is 11.9 Å². The highest BCUT2D eigenvalue weighted by molar-refractivity contribution is 6.30. The predicted octanol–water partition coefficient (Wildman–Crippen LogP) is 4.76. The summed E-state index contributed by atoms with van der Waals surface area (Å²) in [6.07, 6.45) is 4.21. The minimum Gasteiger partial charge on any atom is -0.359 e. The second-order valence-corrected chi connectivity index (χ2v) is 7.00. The third kappa shape index (κ3) is 3.63. The van der Waals surface area contributed by atoms with Crippen molar-refractivity contribution < 1.29 is 9.32 Å². The summed E-state index contributed by atoms with van der Waals surface area (Å²) in [7, 11) is 0. The number of nitrogens with zero attached hydrogens (tertiary/aromatic N) is 2. The van der Waals surface area contributed by atoms with Crippen molar-refractivity contribution in [1.82, 2.24) is 15.5 Å². The van der Waals surface area contributed by atoms with Crippen molar-refractivity contribution in [3.8, 4) is 11.3 Å². The molecular weight excluding hydrogens is 350 g/mol. The normalized spacial score (nSPS) is 14.8. The molecule has 0 saturated heterocycles. The summed E-state index contributed by atoms with van der Waals surface area (Å²) < 4.78 is 5.45. The first-order valence-electron chi connectivity index (χ1n) is 8.59. The molecule has 1 atom stereocenters. The van der Waals surface area contributed by atoms with Crippen molar-refractivity contribution in [1.29, 1.82) is 0 Å². The zero-order valence-corrected chi connectivity index (χ0v) is 15.0. The number of amides is 1. The van der Waals surface area contributed by atoms with Gasteiger partial charge in [0.1, 0.15) is 5.69 Å². The van der Waals surface area contributed by atoms with Gasteiger partial charge in [0, 0.05) is 40.0 Å². The highest BCUT2D eigenvalue weighted by Gasteiger charge is 2.25. The van der Waals surface area contributed by atoms with Gasteiger partial charge in [-0.1, -0.05) is 22.8 Å². The quantitative estimate of drug-likeness (QED) is 0.706. The summed E-state index contributed by atoms with van der Waals surface area (Å²) >= 11 is 5.94. The molecule has 132 valence electrons. The molecule has 0 aliphatic heterocycles. The van der Waals surface area contributed by atoms with E-state index in [0.29, 0.717) is 22.3 Å². The van der Waals surface area contributed by atoms with Gasteiger partial charge in [-0.25, -0.2) is 0 Å². The van der Waals surface area contributed by atoms with Crippen LogP contribution in [0.15, 0.2) is 53.2 Å². The van der Waals surface area contributed by atoms with Gasteiger partial charge in [-0.3, -0.25) is 9.78 Å². The van der Waals surface area contributed by atoms with E-state index in [1.807, 2.05) is 25.3 Å². The van der Waals surface area contributed by atoms with Crippen molar-refractivity contribution in [2.75, 3.05) is 0 Å². The number of hydrogen-bond acceptors (Lipinski definition) is 4. The topological polar surface area (TPSA) is 68.0 Å². The molecule has 4 rings (SSSR count). The van der Waals surface area contributed by atoms with Crippen LogP contribution in [0.3, 0.4) is 0 Å². The molecule has 3 aromatic rings. The monoisotopic (exact) mass is 367 g/mol. The Bertz CT molecular complexity index is 949. The number of nitrogens with one attached hydrogen (secondary N) is 1. The van der Waals surface area contributed by atoms with Crippen LogP contribution in [0.4, 0.5) is 0 Å². The number of aromatic nitrogens is 2. The van der Waals surface area contributed by atoms with E-state index in [4.69, 9.17) is 16.1 Å². The molecule has 1 aromatic carbocycles. The molecule has 0 unspecified atom stereocenters. The van der Waals surface area contributed by atoms with Crippen LogP contribution in [0.1, 0.15) is 53.5 Å². The zero-order chi connectivity index (χ0) is 18.1. The molecule has 26 heavy (non-hydrogen) atoms. The van der Waals surface area contributed by atoms with Gasteiger partial charge in [0.25, 0.3) is 5.91 Å². The SMILES string of the molecule is C[C@@H](NC(=O)c1cccc(Cl)c1)c1cc(-c2ccnc(C3CC3)c2)no1. The molecule has 1 aliphatic carbocycles. The summed E-state index contributed by atoms with van der Waals surface area (Å²) in [5, 5.41) is 7.57. The maximum absolute atomic E-state index is 12.3. The molecule has 1 fully saturated rings. The maximum Gasteiger partial charge on any atom is 0.251 e. The van der Waals surface area contributed by atoms with Gasteiger partial charge in [-0.05, 0) is 50.1 Å². The first-order chi connectivity index (χ1) is 12.6. The Labute approximate surface area is 156 Å². The van der Waals surface area contributed by atoms with Crippen LogP contribution in [-0.4, -0.2) is 16.0 Å². The van der Waals surface area contributed by atoms with Gasteiger partial charge in [0.05, 0.1) is 6.04 Å². The Balaban J connectivity index is 1.48. The average molecular weight is 368 g/mol. The average Bonchev–Trinajstić information content (AvgIpc) is 3.38. The molecule has 1 saturated carbocycles. The smallest absolute Gasteiger partial charge is 0.251 e. The fraction of sp³-hybridized carbons (Fsp3) is 0.250. The lowest BCUT2D eigenvalue weighted by Gasteiger charge is -2.10. The molecule has 2 aromatic heterocycles. The van der Waals surface area contributed by atoms with E-state index in [1.54, 1.807) is 24.3 Å². The number of rotatable bonds is 5. The minimum atomic E-state index is -0.313. The van der Waals surface area contributed by atoms with E-state index in [1.165, 1.54) is 12.8 Å². The second kappa shape index (κ2) is 6.92. The number of hydrogen-bond donors (Lipinski definition) is 1. The van der Waals surface area contributed by atoms with E-state index in [9.17, 15) is 4.79 Å². The minimum absolute atomic E-state index is 0.210. The lowest BCUT2D eigenvalue weighted by atomic mass is 10.1. The molecule has 1 aliphatic rings. The first kappa shape index (κ1) is 16.8. The Morgan fingerprint density at radius 2 is 2.12 bits per heavy atom. The van der Waals surface area contributed by atoms with Crippen LogP contribution in [0.5, 0.6) is 0 Å². The molecule has 1 N–H and O–H groups in total. The Kier molecular flexibility index (Phi) is 4.47. The molecule has 0 radical (unpaired) electrons. The van der Waals surface area contributed by atoms with E-state index >= 15 is 0 Å². The molecule has 1 amide bonds. The first-order valence-corrected chi connectivity index (χ1v) is 8.97. The summed E-state index contributed by atoms with van der Waals surface area (Å²) in [6.45, 7) is 1.86. The third-order valence-electron chi connectivity index (χ3n) is 4.46. The molecule has 2 heterocycles. The standard InChI is InChI=1S/C20H18ClN3O2/c1-12(23-20(25)15-3-2-4-16(21)9-15)19-11-18(24-26-19)14-7-8-22-17(10-14)13-5-6-13/h2-4,7-13H,5-6H2,1H3,(H,23,25)/t12-/m1/s1. The summed E-state index contributed by atoms with van der Waals surface area (Å²) in [5.41, 5.74) is 3.33. The molecule has 6 heteroatoms. The highest BCUT2D eigenvalue weighted by Crippen LogP contribution is 2.39. The van der Waals surface area contributed by atoms with Crippen LogP contribution in [-0.2, 0) is 0 Å². The summed E-state index contributed by atoms with van der Waals surface area (Å²) in [5.74, 6) is 0.968. The number of carbonyl (C=O) groups excluding carboxylic acids is 1. The van der Waals surface area contributed by atoms with Crippen molar-refractivity contribution in [2.45, 2.75) is 31.7 Å². The van der Waals surface area contributed by atoms with Crippen molar-refractivity contribution in [3.05, 3.63) is 70.7 Å². The van der Waals surface area contributed by atoms with Crippen LogP contribution in [0, 0.1) is 0 Å². The van der Waals surface area contributed by atoms with Crippen LogP contribution < -0.4 is 5.32 Å². The fourth-order valence-electron chi connectivity index (χ4n) is 2.82. The van der Waals surface area contributed by atoms with Gasteiger partial charge >= 0.3 is 0 Å². The van der Waals surface area contributed by atoms with Crippen molar-refractivity contribution in [3.63, 3.8) is 0 Å². The lowest BCUT2D eigenvalue weighted by Crippen LogP contribution is -2.26. The van der Waals surface area contributed by atoms with Gasteiger partial charge < -0.3 is 9.84 Å². The Morgan fingerprint density at radius 3 is 2.88 bits per heavy atom. The second-order valence-electron chi connectivity index (χ2n) is 6.56. The van der Waals surface area contributed by atoms with E-state index in [2.05, 4.69) is 21.5 Å². The van der Waals surface area contributed by atoms with Crippen LogP contribution in [0.25, 0.3) is 11.3 Å². The molecule has 0 bridgehead atoms. The van der Waals surface area contributed by atoms with Gasteiger partial charge in [-0.2, -0.15) is 0 Å². The highest BCUT2D eigenvalue weighted by atomic mass is 35.5. The summed E-state index contributed by atoms with van der Waals surface area (Å²) in [4.78, 5) is 16.8. The van der Waals surface area contributed by atoms with Crippen molar-refractivity contribution >= 4 is 17.5 Å². The number of halogens is 1. The van der Waals surface area contributed by atoms with Gasteiger partial charge in [-0.15, -0.1) is 0 Å². The predicted molar refractivity (Wildman–Crippen MR) is 99.0 cm³/mol. The van der Waals surface area contributed by atoms with Crippen molar-refractivity contribution in [2.24, 2.45) is 0 Å². The summed E-state index contributed by atoms with van der Waals surface area (Å²) in [6, 6.07) is 12.4. The van der Waals surface area contributed by atoms with Crippen LogP contribution >= 0.6 is 11.6 Å². The van der Waals surface area contributed by atoms with Gasteiger partial charge in [0.2, 0.25) is 0 Å². The number of benzene rings is 1. The lowest BCUT2D eigenvalue weighted by molar-refractivity contribution is 0.0934. The Hall–Kier alpha value is -2.66. The number of pyridine rings is 1. The maximum atomic E-state index is 12.3. The fourth-order valence-corrected chi connectivity index (χ4v) is 3.01. The van der Waals surface area contributed by atoms with Gasteiger partial charge in [0.15, 0.2) is 5.76 Å². The Morgan fingerprint density at radius 1 is 1.27 bits per heavy atom. The largest absolute Gasteiger partial charge is 0.359 e. The third-order valence-corrected chi connectivity index (χ3v) is 4.70.